The molecule has 4 heteroatoms. The third-order valence-corrected chi connectivity index (χ3v) is 5.19. The minimum Gasteiger partial charge on any atom is -0.193 e. The number of benzene rings is 2. The fraction of sp³-hybridized carbons (Fsp3) is 0. The van der Waals surface area contributed by atoms with Crippen molar-refractivity contribution >= 4 is 55.2 Å². The Hall–Kier alpha value is -1.40. The third kappa shape index (κ3) is 1.78. The largest absolute Gasteiger partial charge is 0.193 e. The average molecular weight is 376 g/mol. The maximum atomic E-state index is 4.64. The lowest BCUT2D eigenvalue weighted by atomic mass is 10.0. The van der Waals surface area contributed by atoms with Crippen molar-refractivity contribution in [1.29, 1.82) is 0 Å². The molecule has 92 valence electrons. The summed E-state index contributed by atoms with van der Waals surface area (Å²) in [6.45, 7) is 0. The lowest BCUT2D eigenvalue weighted by Gasteiger charge is -2.01. The zero-order chi connectivity index (χ0) is 12.8. The molecule has 0 atom stereocenters. The number of hydrogen-bond acceptors (Lipinski definition) is 2. The molecule has 0 bridgehead atoms. The van der Waals surface area contributed by atoms with Crippen LogP contribution in [0.25, 0.3) is 32.2 Å². The predicted octanol–water partition coefficient (Wildman–Crippen LogP) is 5.12. The van der Waals surface area contributed by atoms with Gasteiger partial charge in [0, 0.05) is 10.9 Å². The molecule has 0 aliphatic carbocycles. The van der Waals surface area contributed by atoms with Gasteiger partial charge in [-0.1, -0.05) is 36.4 Å². The first-order chi connectivity index (χ1) is 9.33. The fourth-order valence-electron chi connectivity index (χ4n) is 2.36. The predicted molar refractivity (Wildman–Crippen MR) is 90.0 cm³/mol. The quantitative estimate of drug-likeness (QED) is 0.422. The Bertz CT molecular complexity index is 891. The van der Waals surface area contributed by atoms with Gasteiger partial charge in [-0.2, -0.15) is 7.99 Å². The second-order valence-electron chi connectivity index (χ2n) is 4.41. The molecule has 4 rings (SSSR count). The normalized spacial score (nSPS) is 11.4. The zero-order valence-electron chi connectivity index (χ0n) is 9.88. The summed E-state index contributed by atoms with van der Waals surface area (Å²) in [7, 11) is 0. The van der Waals surface area contributed by atoms with Gasteiger partial charge >= 0.3 is 0 Å². The summed E-state index contributed by atoms with van der Waals surface area (Å²) in [4.78, 5) is 1.21. The van der Waals surface area contributed by atoms with Crippen LogP contribution >= 0.6 is 34.2 Å². The van der Waals surface area contributed by atoms with Gasteiger partial charge in [-0.3, -0.25) is 0 Å². The van der Waals surface area contributed by atoms with Crippen LogP contribution in [0.4, 0.5) is 0 Å². The summed E-state index contributed by atoms with van der Waals surface area (Å²) in [5, 5.41) is 10.5. The van der Waals surface area contributed by atoms with Crippen LogP contribution in [0.1, 0.15) is 0 Å². The number of aromatic nitrogens is 2. The van der Waals surface area contributed by atoms with Crippen LogP contribution in [-0.4, -0.2) is 7.99 Å². The zero-order valence-corrected chi connectivity index (χ0v) is 12.9. The van der Waals surface area contributed by atoms with Crippen LogP contribution < -0.4 is 0 Å². The van der Waals surface area contributed by atoms with E-state index in [1.54, 1.807) is 11.3 Å². The van der Waals surface area contributed by atoms with Crippen molar-refractivity contribution in [2.75, 3.05) is 0 Å². The molecule has 0 amide bonds. The van der Waals surface area contributed by atoms with Crippen molar-refractivity contribution in [3.8, 4) is 11.3 Å². The highest BCUT2D eigenvalue weighted by Gasteiger charge is 2.12. The summed E-state index contributed by atoms with van der Waals surface area (Å²) in [6, 6.07) is 17.1. The van der Waals surface area contributed by atoms with Gasteiger partial charge < -0.3 is 0 Å². The lowest BCUT2D eigenvalue weighted by molar-refractivity contribution is 1.10. The van der Waals surface area contributed by atoms with E-state index < -0.39 is 0 Å². The van der Waals surface area contributed by atoms with E-state index in [1.807, 2.05) is 2.90 Å². The molecule has 0 aliphatic heterocycles. The first-order valence-electron chi connectivity index (χ1n) is 5.94. The van der Waals surface area contributed by atoms with Crippen LogP contribution in [0.5, 0.6) is 0 Å². The fourth-order valence-corrected chi connectivity index (χ4v) is 3.93. The van der Waals surface area contributed by atoms with Crippen LogP contribution in [0.15, 0.2) is 53.9 Å². The maximum Gasteiger partial charge on any atom is 0.133 e. The second kappa shape index (κ2) is 4.31. The highest BCUT2D eigenvalue weighted by atomic mass is 127. The Morgan fingerprint density at radius 3 is 2.74 bits per heavy atom. The second-order valence-corrected chi connectivity index (χ2v) is 6.22. The molecule has 0 spiro atoms. The summed E-state index contributed by atoms with van der Waals surface area (Å²) in [5.74, 6) is 0. The van der Waals surface area contributed by atoms with Crippen molar-refractivity contribution in [2.45, 2.75) is 0 Å². The number of rotatable bonds is 1. The van der Waals surface area contributed by atoms with Gasteiger partial charge in [-0.15, -0.1) is 11.3 Å². The summed E-state index contributed by atoms with van der Waals surface area (Å²) in [5.41, 5.74) is 2.24. The van der Waals surface area contributed by atoms with Gasteiger partial charge in [0.05, 0.1) is 22.9 Å². The minimum absolute atomic E-state index is 1.07. The maximum absolute atomic E-state index is 4.64. The number of hydrogen-bond donors (Lipinski definition) is 0. The first kappa shape index (κ1) is 11.4. The molecule has 19 heavy (non-hydrogen) atoms. The highest BCUT2D eigenvalue weighted by molar-refractivity contribution is 14.1. The van der Waals surface area contributed by atoms with Crippen LogP contribution in [0.3, 0.4) is 0 Å². The molecule has 0 N–H and O–H groups in total. The van der Waals surface area contributed by atoms with E-state index in [-0.39, 0.29) is 0 Å². The van der Waals surface area contributed by atoms with Gasteiger partial charge in [0.25, 0.3) is 0 Å². The molecule has 0 fully saturated rings. The van der Waals surface area contributed by atoms with Crippen molar-refractivity contribution < 1.29 is 0 Å². The Balaban J connectivity index is 2.01. The van der Waals surface area contributed by atoms with Crippen molar-refractivity contribution in [3.63, 3.8) is 0 Å². The Morgan fingerprint density at radius 2 is 1.84 bits per heavy atom. The molecule has 2 heterocycles. The molecule has 0 radical (unpaired) electrons. The van der Waals surface area contributed by atoms with Crippen LogP contribution in [0, 0.1) is 0 Å². The van der Waals surface area contributed by atoms with E-state index in [4.69, 9.17) is 0 Å². The third-order valence-electron chi connectivity index (χ3n) is 3.28. The summed E-state index contributed by atoms with van der Waals surface area (Å²) < 4.78 is 1.93. The smallest absolute Gasteiger partial charge is 0.133 e. The molecule has 4 aromatic rings. The van der Waals surface area contributed by atoms with E-state index in [0.29, 0.717) is 0 Å². The van der Waals surface area contributed by atoms with Crippen molar-refractivity contribution in [1.82, 2.24) is 7.99 Å². The van der Waals surface area contributed by atoms with Gasteiger partial charge in [-0.25, -0.2) is 0 Å². The molecule has 2 nitrogen and oxygen atoms in total. The molecule has 0 unspecified atom stereocenters. The average Bonchev–Trinajstić information content (AvgIpc) is 3.03. The highest BCUT2D eigenvalue weighted by Crippen LogP contribution is 2.33. The monoisotopic (exact) mass is 376 g/mol. The summed E-state index contributed by atoms with van der Waals surface area (Å²) in [6.07, 6.45) is 0. The van der Waals surface area contributed by atoms with Crippen LogP contribution in [-0.2, 0) is 0 Å². The first-order valence-corrected chi connectivity index (χ1v) is 7.79. The van der Waals surface area contributed by atoms with Gasteiger partial charge in [0.2, 0.25) is 0 Å². The Morgan fingerprint density at radius 1 is 1.00 bits per heavy atom. The van der Waals surface area contributed by atoms with Crippen LogP contribution in [0.2, 0.25) is 0 Å². The van der Waals surface area contributed by atoms with Gasteiger partial charge in [-0.05, 0) is 28.3 Å². The van der Waals surface area contributed by atoms with E-state index >= 15 is 0 Å². The number of fused-ring (bicyclic) bond motifs is 2. The lowest BCUT2D eigenvalue weighted by Crippen LogP contribution is -1.83. The number of halogens is 1. The number of nitrogens with zero attached hydrogens (tertiary/aromatic N) is 2. The minimum atomic E-state index is 1.07. The van der Waals surface area contributed by atoms with Gasteiger partial charge in [0.15, 0.2) is 0 Å². The number of thiophene rings is 1. The molecule has 2 aromatic carbocycles. The van der Waals surface area contributed by atoms with Gasteiger partial charge in [0.1, 0.15) is 10.5 Å². The van der Waals surface area contributed by atoms with E-state index in [2.05, 4.69) is 81.9 Å². The van der Waals surface area contributed by atoms with Crippen molar-refractivity contribution in [3.05, 3.63) is 53.9 Å². The topological polar surface area (TPSA) is 17.8 Å². The van der Waals surface area contributed by atoms with Crippen molar-refractivity contribution in [2.24, 2.45) is 0 Å². The summed E-state index contributed by atoms with van der Waals surface area (Å²) >= 11 is 3.96. The molecular weight excluding hydrogens is 367 g/mol. The standard InChI is InChI=1S/C15H9IN2S/c16-18-15-13(7-8-19-15)14(17-18)12-6-5-10-3-1-2-4-11(10)9-12/h1-9H. The Kier molecular flexibility index (Phi) is 2.60. The SMILES string of the molecule is In1nc(-c2ccc3ccccc3c2)c2ccsc21. The van der Waals surface area contributed by atoms with E-state index in [9.17, 15) is 0 Å². The Labute approximate surface area is 128 Å². The van der Waals surface area contributed by atoms with E-state index in [0.717, 1.165) is 5.69 Å². The molecule has 0 saturated heterocycles. The molecule has 0 aliphatic rings. The van der Waals surface area contributed by atoms with E-state index in [1.165, 1.54) is 26.6 Å². The molecule has 2 aromatic heterocycles. The molecule has 0 saturated carbocycles. The molecular formula is C15H9IN2S.